The molecule has 1 N–H and O–H groups in total. The quantitative estimate of drug-likeness (QED) is 0.752. The summed E-state index contributed by atoms with van der Waals surface area (Å²) in [6.07, 6.45) is 4.53. The van der Waals surface area contributed by atoms with Crippen LogP contribution in [0.3, 0.4) is 0 Å². The number of aromatic nitrogens is 1. The second-order valence-electron chi connectivity index (χ2n) is 5.69. The van der Waals surface area contributed by atoms with Gasteiger partial charge in [0.15, 0.2) is 0 Å². The molecule has 0 bridgehead atoms. The van der Waals surface area contributed by atoms with Crippen molar-refractivity contribution in [2.24, 2.45) is 0 Å². The minimum Gasteiger partial charge on any atom is -0.342 e. The number of hydrogen-bond acceptors (Lipinski definition) is 1. The molecule has 0 unspecified atom stereocenters. The second-order valence-corrected chi connectivity index (χ2v) is 5.69. The third-order valence-electron chi connectivity index (χ3n) is 3.85. The molecule has 0 spiro atoms. The van der Waals surface area contributed by atoms with Crippen molar-refractivity contribution >= 4 is 11.6 Å². The molecule has 0 radical (unpaired) electrons. The van der Waals surface area contributed by atoms with Crippen molar-refractivity contribution in [2.45, 2.75) is 19.4 Å². The SMILES string of the molecule is Cc1cccc(NC(=O)[C@H](Cc2ccccc2)n2cccc2)c1. The summed E-state index contributed by atoms with van der Waals surface area (Å²) < 4.78 is 1.96. The van der Waals surface area contributed by atoms with Crippen molar-refractivity contribution in [1.82, 2.24) is 4.57 Å². The number of nitrogens with zero attached hydrogens (tertiary/aromatic N) is 1. The molecule has 0 aliphatic rings. The van der Waals surface area contributed by atoms with Crippen LogP contribution in [-0.2, 0) is 11.2 Å². The lowest BCUT2D eigenvalue weighted by atomic mass is 10.0. The van der Waals surface area contributed by atoms with Crippen molar-refractivity contribution in [3.63, 3.8) is 0 Å². The van der Waals surface area contributed by atoms with Gasteiger partial charge < -0.3 is 9.88 Å². The number of carbonyl (C=O) groups is 1. The van der Waals surface area contributed by atoms with E-state index in [1.807, 2.05) is 78.5 Å². The van der Waals surface area contributed by atoms with Crippen LogP contribution in [0.5, 0.6) is 0 Å². The number of rotatable bonds is 5. The molecule has 1 heterocycles. The maximum atomic E-state index is 12.8. The minimum atomic E-state index is -0.270. The summed E-state index contributed by atoms with van der Waals surface area (Å²) in [7, 11) is 0. The summed E-state index contributed by atoms with van der Waals surface area (Å²) in [6.45, 7) is 2.02. The highest BCUT2D eigenvalue weighted by Gasteiger charge is 2.20. The maximum absolute atomic E-state index is 12.8. The average molecular weight is 304 g/mol. The fraction of sp³-hybridized carbons (Fsp3) is 0.150. The van der Waals surface area contributed by atoms with Crippen LogP contribution in [0.1, 0.15) is 17.2 Å². The van der Waals surface area contributed by atoms with Crippen molar-refractivity contribution in [3.8, 4) is 0 Å². The van der Waals surface area contributed by atoms with Crippen molar-refractivity contribution in [2.75, 3.05) is 5.32 Å². The number of benzene rings is 2. The predicted molar refractivity (Wildman–Crippen MR) is 93.4 cm³/mol. The number of anilines is 1. The highest BCUT2D eigenvalue weighted by atomic mass is 16.2. The van der Waals surface area contributed by atoms with E-state index in [1.165, 1.54) is 0 Å². The molecule has 1 amide bonds. The summed E-state index contributed by atoms with van der Waals surface area (Å²) in [4.78, 5) is 12.8. The zero-order valence-corrected chi connectivity index (χ0v) is 13.1. The van der Waals surface area contributed by atoms with Gasteiger partial charge in [-0.2, -0.15) is 0 Å². The predicted octanol–water partition coefficient (Wildman–Crippen LogP) is 4.22. The van der Waals surface area contributed by atoms with E-state index in [4.69, 9.17) is 0 Å². The van der Waals surface area contributed by atoms with E-state index in [0.29, 0.717) is 6.42 Å². The Labute approximate surface area is 136 Å². The average Bonchev–Trinajstić information content (AvgIpc) is 3.07. The van der Waals surface area contributed by atoms with Gasteiger partial charge in [-0.15, -0.1) is 0 Å². The minimum absolute atomic E-state index is 0.00402. The second kappa shape index (κ2) is 6.97. The first kappa shape index (κ1) is 15.1. The third-order valence-corrected chi connectivity index (χ3v) is 3.85. The van der Waals surface area contributed by atoms with Gasteiger partial charge in [0.25, 0.3) is 0 Å². The van der Waals surface area contributed by atoms with Crippen molar-refractivity contribution in [1.29, 1.82) is 0 Å². The first-order valence-corrected chi connectivity index (χ1v) is 7.76. The van der Waals surface area contributed by atoms with Crippen LogP contribution in [0.25, 0.3) is 0 Å². The van der Waals surface area contributed by atoms with E-state index in [0.717, 1.165) is 16.8 Å². The summed E-state index contributed by atoms with van der Waals surface area (Å²) >= 11 is 0. The number of aryl methyl sites for hydroxylation is 1. The lowest BCUT2D eigenvalue weighted by molar-refractivity contribution is -0.119. The van der Waals surface area contributed by atoms with Gasteiger partial charge in [0.1, 0.15) is 6.04 Å². The summed E-state index contributed by atoms with van der Waals surface area (Å²) in [5.41, 5.74) is 3.11. The van der Waals surface area contributed by atoms with Gasteiger partial charge in [-0.25, -0.2) is 0 Å². The van der Waals surface area contributed by atoms with Gasteiger partial charge in [-0.05, 0) is 42.3 Å². The number of nitrogens with one attached hydrogen (secondary N) is 1. The summed E-state index contributed by atoms with van der Waals surface area (Å²) in [6, 6.07) is 21.6. The van der Waals surface area contributed by atoms with Crippen LogP contribution in [0.4, 0.5) is 5.69 Å². The van der Waals surface area contributed by atoms with E-state index in [2.05, 4.69) is 17.4 Å². The molecular formula is C20H20N2O. The normalized spacial score (nSPS) is 11.9. The lowest BCUT2D eigenvalue weighted by Crippen LogP contribution is -2.27. The first-order chi connectivity index (χ1) is 11.2. The smallest absolute Gasteiger partial charge is 0.247 e. The van der Waals surface area contributed by atoms with Gasteiger partial charge >= 0.3 is 0 Å². The molecule has 3 aromatic rings. The van der Waals surface area contributed by atoms with Gasteiger partial charge in [0.2, 0.25) is 5.91 Å². The first-order valence-electron chi connectivity index (χ1n) is 7.76. The molecule has 116 valence electrons. The van der Waals surface area contributed by atoms with Crippen molar-refractivity contribution < 1.29 is 4.79 Å². The number of amides is 1. The molecule has 1 atom stereocenters. The van der Waals surface area contributed by atoms with Gasteiger partial charge in [0, 0.05) is 24.5 Å². The molecule has 0 saturated carbocycles. The van der Waals surface area contributed by atoms with Crippen LogP contribution >= 0.6 is 0 Å². The Morgan fingerprint density at radius 3 is 2.43 bits per heavy atom. The Hall–Kier alpha value is -2.81. The van der Waals surface area contributed by atoms with Gasteiger partial charge in [0.05, 0.1) is 0 Å². The van der Waals surface area contributed by atoms with E-state index in [1.54, 1.807) is 0 Å². The van der Waals surface area contributed by atoms with Gasteiger partial charge in [-0.3, -0.25) is 4.79 Å². The van der Waals surface area contributed by atoms with Gasteiger partial charge in [-0.1, -0.05) is 42.5 Å². The Balaban J connectivity index is 1.82. The van der Waals surface area contributed by atoms with Crippen molar-refractivity contribution in [3.05, 3.63) is 90.3 Å². The molecular weight excluding hydrogens is 284 g/mol. The van der Waals surface area contributed by atoms with Crippen LogP contribution in [0, 0.1) is 6.92 Å². The van der Waals surface area contributed by atoms with Crippen LogP contribution in [-0.4, -0.2) is 10.5 Å². The molecule has 0 fully saturated rings. The largest absolute Gasteiger partial charge is 0.342 e. The van der Waals surface area contributed by atoms with Crippen LogP contribution in [0.15, 0.2) is 79.1 Å². The monoisotopic (exact) mass is 304 g/mol. The third kappa shape index (κ3) is 3.89. The fourth-order valence-electron chi connectivity index (χ4n) is 2.67. The molecule has 1 aromatic heterocycles. The van der Waals surface area contributed by atoms with Crippen LogP contribution < -0.4 is 5.32 Å². The van der Waals surface area contributed by atoms with E-state index < -0.39 is 0 Å². The molecule has 2 aromatic carbocycles. The highest BCUT2D eigenvalue weighted by molar-refractivity contribution is 5.94. The Bertz CT molecular complexity index is 763. The summed E-state index contributed by atoms with van der Waals surface area (Å²) in [5, 5.41) is 3.03. The van der Waals surface area contributed by atoms with E-state index in [-0.39, 0.29) is 11.9 Å². The highest BCUT2D eigenvalue weighted by Crippen LogP contribution is 2.18. The molecule has 0 aliphatic heterocycles. The Morgan fingerprint density at radius 2 is 1.74 bits per heavy atom. The lowest BCUT2D eigenvalue weighted by Gasteiger charge is -2.19. The number of carbonyl (C=O) groups excluding carboxylic acids is 1. The topological polar surface area (TPSA) is 34.0 Å². The zero-order valence-electron chi connectivity index (χ0n) is 13.1. The fourth-order valence-corrected chi connectivity index (χ4v) is 2.67. The van der Waals surface area contributed by atoms with E-state index in [9.17, 15) is 4.79 Å². The molecule has 3 heteroatoms. The summed E-state index contributed by atoms with van der Waals surface area (Å²) in [5.74, 6) is -0.00402. The zero-order chi connectivity index (χ0) is 16.1. The number of hydrogen-bond donors (Lipinski definition) is 1. The molecule has 0 aliphatic carbocycles. The Kier molecular flexibility index (Phi) is 4.57. The molecule has 3 nitrogen and oxygen atoms in total. The van der Waals surface area contributed by atoms with Crippen LogP contribution in [0.2, 0.25) is 0 Å². The van der Waals surface area contributed by atoms with E-state index >= 15 is 0 Å². The Morgan fingerprint density at radius 1 is 1.00 bits per heavy atom. The standard InChI is InChI=1S/C20H20N2O/c1-16-8-7-11-18(14-16)21-20(23)19(22-12-5-6-13-22)15-17-9-3-2-4-10-17/h2-14,19H,15H2,1H3,(H,21,23)/t19-/m0/s1. The maximum Gasteiger partial charge on any atom is 0.247 e. The molecule has 0 saturated heterocycles. The molecule has 23 heavy (non-hydrogen) atoms. The molecule has 3 rings (SSSR count).